The minimum absolute atomic E-state index is 1.08. The molecule has 1 aliphatic heterocycles. The van der Waals surface area contributed by atoms with Crippen LogP contribution in [0, 0.1) is 0 Å². The molecule has 2 N–H and O–H groups in total. The van der Waals surface area contributed by atoms with Crippen LogP contribution in [-0.4, -0.2) is 50.7 Å². The molecule has 0 atom stereocenters. The third-order valence-electron chi connectivity index (χ3n) is 2.76. The van der Waals surface area contributed by atoms with Crippen LogP contribution in [0.1, 0.15) is 26.2 Å². The van der Waals surface area contributed by atoms with Crippen molar-refractivity contribution in [2.24, 2.45) is 0 Å². The Bertz CT molecular complexity index is 122. The normalized spacial score (nSPS) is 17.8. The number of hydrogen-bond donors (Lipinski definition) is 2. The largest absolute Gasteiger partial charge is 0.316 e. The molecule has 0 bridgehead atoms. The Labute approximate surface area is 88.2 Å². The minimum Gasteiger partial charge on any atom is -0.316 e. The number of likely N-dealkylation sites (N-methyl/N-ethyl adjacent to an activating group) is 1. The average molecular weight is 199 g/mol. The summed E-state index contributed by atoms with van der Waals surface area (Å²) in [5.74, 6) is 0. The summed E-state index contributed by atoms with van der Waals surface area (Å²) >= 11 is 0. The highest BCUT2D eigenvalue weighted by Crippen LogP contribution is 2.06. The van der Waals surface area contributed by atoms with Crippen LogP contribution in [0.15, 0.2) is 0 Å². The van der Waals surface area contributed by atoms with Gasteiger partial charge in [0, 0.05) is 13.1 Å². The molecule has 0 unspecified atom stereocenters. The van der Waals surface area contributed by atoms with Crippen LogP contribution in [0.5, 0.6) is 0 Å². The third kappa shape index (κ3) is 5.58. The molecule has 0 aromatic carbocycles. The smallest absolute Gasteiger partial charge is 0.00767 e. The van der Waals surface area contributed by atoms with Crippen LogP contribution in [0.25, 0.3) is 0 Å². The summed E-state index contributed by atoms with van der Waals surface area (Å²) < 4.78 is 0. The van der Waals surface area contributed by atoms with E-state index in [9.17, 15) is 0 Å². The van der Waals surface area contributed by atoms with Gasteiger partial charge in [-0.25, -0.2) is 0 Å². The first-order valence-corrected chi connectivity index (χ1v) is 6.07. The molecule has 0 aliphatic carbocycles. The van der Waals surface area contributed by atoms with E-state index in [1.165, 1.54) is 45.4 Å². The van der Waals surface area contributed by atoms with E-state index in [-0.39, 0.29) is 0 Å². The molecule has 84 valence electrons. The van der Waals surface area contributed by atoms with Crippen molar-refractivity contribution in [3.05, 3.63) is 0 Å². The van der Waals surface area contributed by atoms with Crippen molar-refractivity contribution < 1.29 is 0 Å². The van der Waals surface area contributed by atoms with Gasteiger partial charge in [-0.1, -0.05) is 6.92 Å². The molecule has 0 aromatic heterocycles. The topological polar surface area (TPSA) is 27.3 Å². The highest BCUT2D eigenvalue weighted by Gasteiger charge is 2.09. The lowest BCUT2D eigenvalue weighted by molar-refractivity contribution is 0.331. The van der Waals surface area contributed by atoms with Gasteiger partial charge in [0.15, 0.2) is 0 Å². The zero-order chi connectivity index (χ0) is 10.1. The van der Waals surface area contributed by atoms with Gasteiger partial charge in [-0.05, 0) is 52.0 Å². The number of rotatable bonds is 8. The van der Waals surface area contributed by atoms with Crippen LogP contribution < -0.4 is 10.6 Å². The fraction of sp³-hybridized carbons (Fsp3) is 1.00. The second-order valence-electron chi connectivity index (χ2n) is 4.01. The van der Waals surface area contributed by atoms with Crippen molar-refractivity contribution in [1.82, 2.24) is 15.5 Å². The molecule has 0 aromatic rings. The highest BCUT2D eigenvalue weighted by molar-refractivity contribution is 4.66. The van der Waals surface area contributed by atoms with E-state index in [1.54, 1.807) is 0 Å². The molecule has 1 fully saturated rings. The summed E-state index contributed by atoms with van der Waals surface area (Å²) in [6, 6.07) is 0. The van der Waals surface area contributed by atoms with E-state index in [0.29, 0.717) is 0 Å². The second-order valence-corrected chi connectivity index (χ2v) is 4.01. The van der Waals surface area contributed by atoms with Gasteiger partial charge in [0.2, 0.25) is 0 Å². The number of hydrogen-bond acceptors (Lipinski definition) is 3. The minimum atomic E-state index is 1.08. The van der Waals surface area contributed by atoms with E-state index in [1.807, 2.05) is 0 Å². The molecule has 0 radical (unpaired) electrons. The van der Waals surface area contributed by atoms with Crippen molar-refractivity contribution in [3.8, 4) is 0 Å². The van der Waals surface area contributed by atoms with Crippen molar-refractivity contribution in [2.45, 2.75) is 26.2 Å². The molecule has 1 rings (SSSR count). The Morgan fingerprint density at radius 2 is 1.71 bits per heavy atom. The number of nitrogens with zero attached hydrogens (tertiary/aromatic N) is 1. The zero-order valence-corrected chi connectivity index (χ0v) is 9.52. The Morgan fingerprint density at radius 1 is 1.00 bits per heavy atom. The van der Waals surface area contributed by atoms with Crippen molar-refractivity contribution >= 4 is 0 Å². The van der Waals surface area contributed by atoms with Crippen LogP contribution in [0.3, 0.4) is 0 Å². The highest BCUT2D eigenvalue weighted by atomic mass is 15.1. The van der Waals surface area contributed by atoms with Gasteiger partial charge in [-0.2, -0.15) is 0 Å². The Balaban J connectivity index is 1.75. The predicted octanol–water partition coefficient (Wildman–Crippen LogP) is 0.671. The van der Waals surface area contributed by atoms with Crippen molar-refractivity contribution in [3.63, 3.8) is 0 Å². The quantitative estimate of drug-likeness (QED) is 0.563. The Morgan fingerprint density at radius 3 is 2.43 bits per heavy atom. The molecular formula is C11H25N3. The lowest BCUT2D eigenvalue weighted by atomic mass is 10.4. The summed E-state index contributed by atoms with van der Waals surface area (Å²) in [7, 11) is 0. The van der Waals surface area contributed by atoms with Gasteiger partial charge in [-0.3, -0.25) is 0 Å². The first-order valence-electron chi connectivity index (χ1n) is 6.07. The fourth-order valence-corrected chi connectivity index (χ4v) is 1.91. The van der Waals surface area contributed by atoms with Crippen LogP contribution in [0.2, 0.25) is 0 Å². The first kappa shape index (κ1) is 12.0. The summed E-state index contributed by atoms with van der Waals surface area (Å²) in [6.45, 7) is 10.5. The summed E-state index contributed by atoms with van der Waals surface area (Å²) in [4.78, 5) is 2.58. The first-order chi connectivity index (χ1) is 6.93. The SMILES string of the molecule is CCNCCNCCCN1CCCC1. The molecule has 3 nitrogen and oxygen atoms in total. The van der Waals surface area contributed by atoms with E-state index < -0.39 is 0 Å². The van der Waals surface area contributed by atoms with Gasteiger partial charge in [0.1, 0.15) is 0 Å². The summed E-state index contributed by atoms with van der Waals surface area (Å²) in [5.41, 5.74) is 0. The summed E-state index contributed by atoms with van der Waals surface area (Å²) in [6.07, 6.45) is 4.12. The zero-order valence-electron chi connectivity index (χ0n) is 9.52. The van der Waals surface area contributed by atoms with Gasteiger partial charge in [0.25, 0.3) is 0 Å². The molecule has 1 aliphatic rings. The molecule has 3 heteroatoms. The molecule has 0 spiro atoms. The van der Waals surface area contributed by atoms with Crippen LogP contribution >= 0.6 is 0 Å². The van der Waals surface area contributed by atoms with Crippen molar-refractivity contribution in [1.29, 1.82) is 0 Å². The third-order valence-corrected chi connectivity index (χ3v) is 2.76. The standard InChI is InChI=1S/C11H25N3/c1-2-12-7-8-13-6-5-11-14-9-3-4-10-14/h12-13H,2-11H2,1H3. The van der Waals surface area contributed by atoms with E-state index in [4.69, 9.17) is 0 Å². The fourth-order valence-electron chi connectivity index (χ4n) is 1.91. The maximum absolute atomic E-state index is 3.45. The lowest BCUT2D eigenvalue weighted by Gasteiger charge is -2.14. The van der Waals surface area contributed by atoms with Gasteiger partial charge in [0.05, 0.1) is 0 Å². The molecule has 14 heavy (non-hydrogen) atoms. The molecule has 1 heterocycles. The molecule has 1 saturated heterocycles. The van der Waals surface area contributed by atoms with Crippen LogP contribution in [0.4, 0.5) is 0 Å². The second kappa shape index (κ2) is 8.21. The molecule has 0 saturated carbocycles. The average Bonchev–Trinajstić information content (AvgIpc) is 2.69. The number of likely N-dealkylation sites (tertiary alicyclic amines) is 1. The van der Waals surface area contributed by atoms with Gasteiger partial charge in [-0.15, -0.1) is 0 Å². The molecule has 0 amide bonds. The Hall–Kier alpha value is -0.120. The van der Waals surface area contributed by atoms with Crippen LogP contribution in [-0.2, 0) is 0 Å². The van der Waals surface area contributed by atoms with E-state index in [0.717, 1.165) is 19.6 Å². The predicted molar refractivity (Wildman–Crippen MR) is 61.7 cm³/mol. The molecular weight excluding hydrogens is 174 g/mol. The maximum Gasteiger partial charge on any atom is 0.00767 e. The van der Waals surface area contributed by atoms with E-state index in [2.05, 4.69) is 22.5 Å². The van der Waals surface area contributed by atoms with Gasteiger partial charge < -0.3 is 15.5 Å². The maximum atomic E-state index is 3.45. The van der Waals surface area contributed by atoms with Crippen molar-refractivity contribution in [2.75, 3.05) is 45.8 Å². The number of nitrogens with one attached hydrogen (secondary N) is 2. The lowest BCUT2D eigenvalue weighted by Crippen LogP contribution is -2.30. The van der Waals surface area contributed by atoms with Gasteiger partial charge >= 0.3 is 0 Å². The van der Waals surface area contributed by atoms with E-state index >= 15 is 0 Å². The summed E-state index contributed by atoms with van der Waals surface area (Å²) in [5, 5.41) is 6.76. The monoisotopic (exact) mass is 199 g/mol. The Kier molecular flexibility index (Phi) is 7.01.